The van der Waals surface area contributed by atoms with Gasteiger partial charge in [0.1, 0.15) is 0 Å². The number of hydrogen-bond donors (Lipinski definition) is 2. The van der Waals surface area contributed by atoms with Crippen LogP contribution in [-0.2, 0) is 0 Å². The van der Waals surface area contributed by atoms with Crippen LogP contribution in [0.4, 0.5) is 11.4 Å². The second-order valence-corrected chi connectivity index (χ2v) is 4.57. The fraction of sp³-hybridized carbons (Fsp3) is 0. The molecule has 74 valence electrons. The van der Waals surface area contributed by atoms with Crippen LogP contribution in [0.3, 0.4) is 0 Å². The van der Waals surface area contributed by atoms with Crippen molar-refractivity contribution in [3.63, 3.8) is 0 Å². The molecule has 3 rings (SSSR count). The third-order valence-corrected chi connectivity index (χ3v) is 3.90. The van der Waals surface area contributed by atoms with Gasteiger partial charge < -0.3 is 11.5 Å². The van der Waals surface area contributed by atoms with E-state index in [0.29, 0.717) is 0 Å². The number of thiophene rings is 1. The molecule has 2 nitrogen and oxygen atoms in total. The molecule has 15 heavy (non-hydrogen) atoms. The quantitative estimate of drug-likeness (QED) is 0.564. The molecular formula is C12H10N2S. The molecule has 0 aliphatic carbocycles. The standard InChI is InChI=1S/C12H10N2S/c13-9-5-1-3-7-8-4-2-6-10(14)12(8)15-11(7)9/h1-6H,13-14H2. The molecule has 3 heteroatoms. The average Bonchev–Trinajstić information content (AvgIpc) is 2.60. The highest BCUT2D eigenvalue weighted by Gasteiger charge is 2.08. The minimum atomic E-state index is 0.827. The number of benzene rings is 2. The molecule has 1 heterocycles. The zero-order valence-corrected chi connectivity index (χ0v) is 8.84. The normalized spacial score (nSPS) is 11.2. The molecule has 0 bridgehead atoms. The molecule has 0 saturated heterocycles. The minimum Gasteiger partial charge on any atom is -0.398 e. The van der Waals surface area contributed by atoms with E-state index in [2.05, 4.69) is 12.1 Å². The molecule has 4 N–H and O–H groups in total. The van der Waals surface area contributed by atoms with Gasteiger partial charge in [0.25, 0.3) is 0 Å². The lowest BCUT2D eigenvalue weighted by atomic mass is 10.1. The van der Waals surface area contributed by atoms with E-state index in [1.54, 1.807) is 11.3 Å². The maximum Gasteiger partial charge on any atom is 0.0585 e. The minimum absolute atomic E-state index is 0.827. The van der Waals surface area contributed by atoms with Gasteiger partial charge in [0.05, 0.1) is 9.40 Å². The summed E-state index contributed by atoms with van der Waals surface area (Å²) in [5.41, 5.74) is 13.5. The lowest BCUT2D eigenvalue weighted by Crippen LogP contribution is -1.82. The zero-order valence-electron chi connectivity index (χ0n) is 8.03. The number of anilines is 2. The molecular weight excluding hydrogens is 204 g/mol. The van der Waals surface area contributed by atoms with E-state index in [9.17, 15) is 0 Å². The Morgan fingerprint density at radius 2 is 1.20 bits per heavy atom. The predicted octanol–water partition coefficient (Wildman–Crippen LogP) is 3.22. The van der Waals surface area contributed by atoms with Crippen molar-refractivity contribution < 1.29 is 0 Å². The summed E-state index contributed by atoms with van der Waals surface area (Å²) in [4.78, 5) is 0. The van der Waals surface area contributed by atoms with Gasteiger partial charge in [-0.05, 0) is 12.1 Å². The van der Waals surface area contributed by atoms with E-state index < -0.39 is 0 Å². The molecule has 0 saturated carbocycles. The first-order chi connectivity index (χ1) is 7.27. The van der Waals surface area contributed by atoms with Gasteiger partial charge in [0, 0.05) is 22.1 Å². The van der Waals surface area contributed by atoms with Gasteiger partial charge in [-0.3, -0.25) is 0 Å². The van der Waals surface area contributed by atoms with E-state index in [-0.39, 0.29) is 0 Å². The van der Waals surface area contributed by atoms with E-state index in [4.69, 9.17) is 11.5 Å². The highest BCUT2D eigenvalue weighted by molar-refractivity contribution is 7.27. The van der Waals surface area contributed by atoms with Crippen molar-refractivity contribution in [3.05, 3.63) is 36.4 Å². The second-order valence-electron chi connectivity index (χ2n) is 3.55. The molecule has 0 aliphatic rings. The summed E-state index contributed by atoms with van der Waals surface area (Å²) in [5, 5.41) is 2.39. The summed E-state index contributed by atoms with van der Waals surface area (Å²) in [7, 11) is 0. The van der Waals surface area contributed by atoms with Crippen molar-refractivity contribution in [2.75, 3.05) is 11.5 Å². The van der Waals surface area contributed by atoms with Crippen LogP contribution in [0.25, 0.3) is 20.2 Å². The third-order valence-electron chi connectivity index (χ3n) is 2.59. The Labute approximate surface area is 91.1 Å². The molecule has 0 radical (unpaired) electrons. The van der Waals surface area contributed by atoms with Gasteiger partial charge in [-0.2, -0.15) is 0 Å². The molecule has 0 unspecified atom stereocenters. The van der Waals surface area contributed by atoms with Crippen LogP contribution in [0.15, 0.2) is 36.4 Å². The van der Waals surface area contributed by atoms with Crippen molar-refractivity contribution in [3.8, 4) is 0 Å². The zero-order chi connectivity index (χ0) is 10.4. The number of fused-ring (bicyclic) bond motifs is 3. The fourth-order valence-electron chi connectivity index (χ4n) is 1.86. The van der Waals surface area contributed by atoms with Crippen LogP contribution in [0.5, 0.6) is 0 Å². The van der Waals surface area contributed by atoms with E-state index in [1.165, 1.54) is 10.8 Å². The lowest BCUT2D eigenvalue weighted by molar-refractivity contribution is 1.80. The lowest BCUT2D eigenvalue weighted by Gasteiger charge is -1.94. The molecule has 1 aromatic heterocycles. The van der Waals surface area contributed by atoms with Crippen LogP contribution >= 0.6 is 11.3 Å². The number of rotatable bonds is 0. The summed E-state index contributed by atoms with van der Waals surface area (Å²) < 4.78 is 2.26. The first-order valence-electron chi connectivity index (χ1n) is 4.72. The maximum atomic E-state index is 5.94. The largest absolute Gasteiger partial charge is 0.398 e. The molecule has 0 fully saturated rings. The van der Waals surface area contributed by atoms with E-state index >= 15 is 0 Å². The van der Waals surface area contributed by atoms with Crippen LogP contribution in [0.1, 0.15) is 0 Å². The van der Waals surface area contributed by atoms with Crippen molar-refractivity contribution in [1.29, 1.82) is 0 Å². The Morgan fingerprint density at radius 1 is 0.733 bits per heavy atom. The number of hydrogen-bond acceptors (Lipinski definition) is 3. The Hall–Kier alpha value is -1.74. The van der Waals surface area contributed by atoms with Crippen LogP contribution in [-0.4, -0.2) is 0 Å². The van der Waals surface area contributed by atoms with Gasteiger partial charge in [-0.1, -0.05) is 24.3 Å². The van der Waals surface area contributed by atoms with Crippen molar-refractivity contribution >= 4 is 42.9 Å². The summed E-state index contributed by atoms with van der Waals surface area (Å²) >= 11 is 1.66. The number of nitrogens with two attached hydrogens (primary N) is 2. The highest BCUT2D eigenvalue weighted by atomic mass is 32.1. The Morgan fingerprint density at radius 3 is 1.67 bits per heavy atom. The summed E-state index contributed by atoms with van der Waals surface area (Å²) in [6.45, 7) is 0. The Balaban J connectivity index is 2.63. The first kappa shape index (κ1) is 8.56. The van der Waals surface area contributed by atoms with E-state index in [1.807, 2.05) is 24.3 Å². The van der Waals surface area contributed by atoms with Gasteiger partial charge in [-0.15, -0.1) is 11.3 Å². The van der Waals surface area contributed by atoms with E-state index in [0.717, 1.165) is 20.8 Å². The summed E-state index contributed by atoms with van der Waals surface area (Å²) in [5.74, 6) is 0. The molecule has 0 spiro atoms. The summed E-state index contributed by atoms with van der Waals surface area (Å²) in [6.07, 6.45) is 0. The van der Waals surface area contributed by atoms with Gasteiger partial charge >= 0.3 is 0 Å². The van der Waals surface area contributed by atoms with Crippen molar-refractivity contribution in [2.45, 2.75) is 0 Å². The van der Waals surface area contributed by atoms with Crippen LogP contribution in [0.2, 0.25) is 0 Å². The first-order valence-corrected chi connectivity index (χ1v) is 5.54. The Bertz CT molecular complexity index is 599. The van der Waals surface area contributed by atoms with Gasteiger partial charge in [0.2, 0.25) is 0 Å². The number of nitrogen functional groups attached to an aromatic ring is 2. The smallest absolute Gasteiger partial charge is 0.0585 e. The average molecular weight is 214 g/mol. The van der Waals surface area contributed by atoms with Crippen LogP contribution < -0.4 is 11.5 Å². The predicted molar refractivity (Wildman–Crippen MR) is 68.2 cm³/mol. The molecule has 0 amide bonds. The topological polar surface area (TPSA) is 52.0 Å². The highest BCUT2D eigenvalue weighted by Crippen LogP contribution is 2.39. The fourth-order valence-corrected chi connectivity index (χ4v) is 3.02. The monoisotopic (exact) mass is 214 g/mol. The molecule has 0 aliphatic heterocycles. The van der Waals surface area contributed by atoms with Crippen molar-refractivity contribution in [1.82, 2.24) is 0 Å². The van der Waals surface area contributed by atoms with Crippen LogP contribution in [0, 0.1) is 0 Å². The molecule has 0 atom stereocenters. The Kier molecular flexibility index (Phi) is 1.64. The van der Waals surface area contributed by atoms with Gasteiger partial charge in [0.15, 0.2) is 0 Å². The summed E-state index contributed by atoms with van der Waals surface area (Å²) in [6, 6.07) is 12.0. The van der Waals surface area contributed by atoms with Gasteiger partial charge in [-0.25, -0.2) is 0 Å². The third kappa shape index (κ3) is 1.10. The molecule has 3 aromatic rings. The van der Waals surface area contributed by atoms with Crippen molar-refractivity contribution in [2.24, 2.45) is 0 Å². The SMILES string of the molecule is Nc1cccc2c1sc1c(N)cccc12. The second kappa shape index (κ2) is 2.87. The molecule has 2 aromatic carbocycles. The maximum absolute atomic E-state index is 5.94.